The predicted molar refractivity (Wildman–Crippen MR) is 83.8 cm³/mol. The molecule has 3 rings (SSSR count). The fourth-order valence-electron chi connectivity index (χ4n) is 3.27. The maximum Gasteiger partial charge on any atom is 0.244 e. The van der Waals surface area contributed by atoms with Crippen LogP contribution >= 0.6 is 23.2 Å². The number of nitrogens with zero attached hydrogens (tertiary/aromatic N) is 1. The van der Waals surface area contributed by atoms with Gasteiger partial charge in [0.15, 0.2) is 0 Å². The lowest BCUT2D eigenvalue weighted by Gasteiger charge is -2.26. The zero-order chi connectivity index (χ0) is 16.0. The first-order valence-corrected chi connectivity index (χ1v) is 9.10. The summed E-state index contributed by atoms with van der Waals surface area (Å²) >= 11 is 12.0. The zero-order valence-electron chi connectivity index (χ0n) is 12.1. The minimum Gasteiger partial charge on any atom is -0.384 e. The molecule has 1 aromatic rings. The van der Waals surface area contributed by atoms with Crippen LogP contribution in [0.3, 0.4) is 0 Å². The average Bonchev–Trinajstić information content (AvgIpc) is 2.98. The van der Waals surface area contributed by atoms with E-state index < -0.39 is 10.0 Å². The van der Waals surface area contributed by atoms with Crippen molar-refractivity contribution in [2.75, 3.05) is 40.0 Å². The molecule has 0 spiro atoms. The molecular weight excluding hydrogens is 349 g/mol. The number of hydrogen-bond donors (Lipinski definition) is 0. The summed E-state index contributed by atoms with van der Waals surface area (Å²) in [6, 6.07) is 4.47. The van der Waals surface area contributed by atoms with Gasteiger partial charge in [0.05, 0.1) is 24.8 Å². The Hall–Kier alpha value is -0.370. The number of hydrogen-bond acceptors (Lipinski definition) is 4. The second-order valence-corrected chi connectivity index (χ2v) is 8.63. The quantitative estimate of drug-likeness (QED) is 0.821. The molecule has 22 heavy (non-hydrogen) atoms. The molecule has 2 heterocycles. The number of sulfonamides is 1. The van der Waals surface area contributed by atoms with Crippen molar-refractivity contribution in [2.24, 2.45) is 11.3 Å². The topological polar surface area (TPSA) is 55.8 Å². The fraction of sp³-hybridized carbons (Fsp3) is 0.571. The summed E-state index contributed by atoms with van der Waals surface area (Å²) in [6.07, 6.45) is 0. The van der Waals surface area contributed by atoms with Crippen LogP contribution in [0.5, 0.6) is 0 Å². The highest BCUT2D eigenvalue weighted by atomic mass is 35.5. The van der Waals surface area contributed by atoms with E-state index in [1.54, 1.807) is 13.2 Å². The molecule has 0 aromatic heterocycles. The van der Waals surface area contributed by atoms with Gasteiger partial charge in [-0.15, -0.1) is 0 Å². The number of ether oxygens (including phenoxy) is 2. The number of rotatable bonds is 4. The van der Waals surface area contributed by atoms with Gasteiger partial charge in [-0.05, 0) is 18.2 Å². The van der Waals surface area contributed by atoms with Crippen LogP contribution in [0.1, 0.15) is 0 Å². The molecule has 0 radical (unpaired) electrons. The molecule has 0 bridgehead atoms. The number of methoxy groups -OCH3 is 1. The largest absolute Gasteiger partial charge is 0.384 e. The van der Waals surface area contributed by atoms with E-state index >= 15 is 0 Å². The Balaban J connectivity index is 1.93. The molecule has 0 saturated carbocycles. The zero-order valence-corrected chi connectivity index (χ0v) is 14.4. The van der Waals surface area contributed by atoms with Crippen molar-refractivity contribution in [1.29, 1.82) is 0 Å². The monoisotopic (exact) mass is 365 g/mol. The van der Waals surface area contributed by atoms with Crippen molar-refractivity contribution in [3.8, 4) is 0 Å². The number of halogens is 2. The van der Waals surface area contributed by atoms with Gasteiger partial charge in [0.1, 0.15) is 4.90 Å². The summed E-state index contributed by atoms with van der Waals surface area (Å²) in [6.45, 7) is 2.33. The third-order valence-corrected chi connectivity index (χ3v) is 6.96. The molecule has 122 valence electrons. The second kappa shape index (κ2) is 5.92. The molecule has 2 aliphatic heterocycles. The highest BCUT2D eigenvalue weighted by Crippen LogP contribution is 2.44. The highest BCUT2D eigenvalue weighted by molar-refractivity contribution is 7.89. The summed E-state index contributed by atoms with van der Waals surface area (Å²) in [4.78, 5) is 0.0510. The van der Waals surface area contributed by atoms with E-state index in [4.69, 9.17) is 32.7 Å². The van der Waals surface area contributed by atoms with Gasteiger partial charge in [0.25, 0.3) is 0 Å². The maximum atomic E-state index is 12.9. The lowest BCUT2D eigenvalue weighted by Crippen LogP contribution is -2.37. The van der Waals surface area contributed by atoms with Gasteiger partial charge in [-0.2, -0.15) is 4.31 Å². The predicted octanol–water partition coefficient (Wildman–Crippen LogP) is 2.28. The third-order valence-electron chi connectivity index (χ3n) is 4.43. The summed E-state index contributed by atoms with van der Waals surface area (Å²) in [7, 11) is -2.06. The van der Waals surface area contributed by atoms with Crippen LogP contribution in [0.2, 0.25) is 10.0 Å². The van der Waals surface area contributed by atoms with E-state index in [2.05, 4.69) is 0 Å². The third kappa shape index (κ3) is 2.66. The SMILES string of the molecule is COC[C@@]12COC[C@@H]1CN(S(=O)(=O)c1cc(Cl)ccc1Cl)C2. The van der Waals surface area contributed by atoms with Crippen LogP contribution in [0.25, 0.3) is 0 Å². The average molecular weight is 366 g/mol. The first-order valence-electron chi connectivity index (χ1n) is 6.91. The molecule has 8 heteroatoms. The van der Waals surface area contributed by atoms with Crippen LogP contribution in [0.4, 0.5) is 0 Å². The molecule has 2 aliphatic rings. The van der Waals surface area contributed by atoms with E-state index in [1.807, 2.05) is 0 Å². The molecule has 0 amide bonds. The van der Waals surface area contributed by atoms with E-state index in [0.29, 0.717) is 37.9 Å². The van der Waals surface area contributed by atoms with Crippen molar-refractivity contribution in [1.82, 2.24) is 4.31 Å². The molecule has 0 aliphatic carbocycles. The molecule has 1 aromatic carbocycles. The van der Waals surface area contributed by atoms with Gasteiger partial charge in [0.2, 0.25) is 10.0 Å². The lowest BCUT2D eigenvalue weighted by atomic mass is 9.82. The Morgan fingerprint density at radius 1 is 1.45 bits per heavy atom. The van der Waals surface area contributed by atoms with Gasteiger partial charge in [-0.1, -0.05) is 23.2 Å². The minimum atomic E-state index is -3.68. The van der Waals surface area contributed by atoms with Crippen molar-refractivity contribution < 1.29 is 17.9 Å². The maximum absolute atomic E-state index is 12.9. The Morgan fingerprint density at radius 2 is 2.23 bits per heavy atom. The molecule has 2 fully saturated rings. The first-order chi connectivity index (χ1) is 10.4. The van der Waals surface area contributed by atoms with Crippen molar-refractivity contribution in [3.05, 3.63) is 28.2 Å². The number of fused-ring (bicyclic) bond motifs is 1. The van der Waals surface area contributed by atoms with Gasteiger partial charge < -0.3 is 9.47 Å². The lowest BCUT2D eigenvalue weighted by molar-refractivity contribution is 0.0601. The van der Waals surface area contributed by atoms with E-state index in [0.717, 1.165) is 0 Å². The van der Waals surface area contributed by atoms with Crippen LogP contribution < -0.4 is 0 Å². The van der Waals surface area contributed by atoms with Gasteiger partial charge in [-0.3, -0.25) is 0 Å². The Bertz CT molecular complexity index is 681. The van der Waals surface area contributed by atoms with Crippen molar-refractivity contribution in [2.45, 2.75) is 4.90 Å². The minimum absolute atomic E-state index is 0.0510. The van der Waals surface area contributed by atoms with E-state index in [-0.39, 0.29) is 21.3 Å². The Morgan fingerprint density at radius 3 is 2.95 bits per heavy atom. The van der Waals surface area contributed by atoms with Crippen LogP contribution in [0.15, 0.2) is 23.1 Å². The molecule has 0 N–H and O–H groups in total. The molecule has 2 atom stereocenters. The first kappa shape index (κ1) is 16.5. The van der Waals surface area contributed by atoms with Gasteiger partial charge in [-0.25, -0.2) is 8.42 Å². The summed E-state index contributed by atoms with van der Waals surface area (Å²) in [5.41, 5.74) is -0.271. The van der Waals surface area contributed by atoms with Crippen LogP contribution in [0, 0.1) is 11.3 Å². The van der Waals surface area contributed by atoms with Crippen molar-refractivity contribution in [3.63, 3.8) is 0 Å². The molecular formula is C14H17Cl2NO4S. The van der Waals surface area contributed by atoms with Gasteiger partial charge in [0, 0.05) is 36.6 Å². The van der Waals surface area contributed by atoms with E-state index in [9.17, 15) is 8.42 Å². The normalized spacial score (nSPS) is 29.0. The van der Waals surface area contributed by atoms with E-state index in [1.165, 1.54) is 16.4 Å². The second-order valence-electron chi connectivity index (χ2n) is 5.88. The number of benzene rings is 1. The van der Waals surface area contributed by atoms with Crippen LogP contribution in [-0.2, 0) is 19.5 Å². The standard InChI is InChI=1S/C14H17Cl2NO4S/c1-20-8-14-7-17(5-10(14)6-21-9-14)22(18,19)13-4-11(15)2-3-12(13)16/h2-4,10H,5-9H2,1H3/t10-,14-/m0/s1. The summed E-state index contributed by atoms with van der Waals surface area (Å²) in [5.74, 6) is 0.139. The molecule has 0 unspecified atom stereocenters. The summed E-state index contributed by atoms with van der Waals surface area (Å²) < 4.78 is 38.1. The van der Waals surface area contributed by atoms with Gasteiger partial charge >= 0.3 is 0 Å². The highest BCUT2D eigenvalue weighted by Gasteiger charge is 2.53. The smallest absolute Gasteiger partial charge is 0.244 e. The molecule has 2 saturated heterocycles. The van der Waals surface area contributed by atoms with Crippen molar-refractivity contribution >= 4 is 33.2 Å². The van der Waals surface area contributed by atoms with Crippen LogP contribution in [-0.4, -0.2) is 52.7 Å². The fourth-order valence-corrected chi connectivity index (χ4v) is 5.59. The summed E-state index contributed by atoms with van der Waals surface area (Å²) in [5, 5.41) is 0.524. The Labute approximate surface area is 140 Å². The molecule has 5 nitrogen and oxygen atoms in total. The Kier molecular flexibility index (Phi) is 4.44.